The Balaban J connectivity index is 1.95. The van der Waals surface area contributed by atoms with E-state index in [4.69, 9.17) is 4.84 Å². The summed E-state index contributed by atoms with van der Waals surface area (Å²) in [6.45, 7) is 6.81. The molecule has 23 heavy (non-hydrogen) atoms. The second-order valence-electron chi connectivity index (χ2n) is 5.20. The van der Waals surface area contributed by atoms with Crippen LogP contribution >= 0.6 is 0 Å². The van der Waals surface area contributed by atoms with E-state index in [9.17, 15) is 19.2 Å². The largest absolute Gasteiger partial charge is 0.352 e. The van der Waals surface area contributed by atoms with Crippen molar-refractivity contribution < 1.29 is 24.0 Å². The average Bonchev–Trinajstić information content (AvgIpc) is 2.71. The minimum atomic E-state index is -0.793. The van der Waals surface area contributed by atoms with Gasteiger partial charge in [0, 0.05) is 12.1 Å². The molecule has 0 fully saturated rings. The molecule has 0 aromatic heterocycles. The van der Waals surface area contributed by atoms with Gasteiger partial charge in [-0.3, -0.25) is 14.4 Å². The van der Waals surface area contributed by atoms with Crippen molar-refractivity contribution in [3.63, 3.8) is 0 Å². The lowest BCUT2D eigenvalue weighted by Crippen LogP contribution is -2.34. The number of nitrogens with zero attached hydrogens (tertiary/aromatic N) is 1. The van der Waals surface area contributed by atoms with Crippen molar-refractivity contribution >= 4 is 23.7 Å². The molecule has 1 aliphatic rings. The fraction of sp³-hybridized carbons (Fsp3) is 0.250. The van der Waals surface area contributed by atoms with Gasteiger partial charge in [0.15, 0.2) is 0 Å². The molecular formula is C16H16N2O5. The number of hydroxylamine groups is 2. The molecular weight excluding hydrogens is 300 g/mol. The van der Waals surface area contributed by atoms with E-state index in [-0.39, 0.29) is 30.0 Å². The molecule has 1 N–H and O–H groups in total. The number of hydrogen-bond donors (Lipinski definition) is 1. The number of aryl methyl sites for hydroxylation is 1. The topological polar surface area (TPSA) is 92.8 Å². The fourth-order valence-corrected chi connectivity index (χ4v) is 1.99. The third kappa shape index (κ3) is 3.45. The zero-order valence-electron chi connectivity index (χ0n) is 12.8. The highest BCUT2D eigenvalue weighted by Gasteiger charge is 2.38. The van der Waals surface area contributed by atoms with Gasteiger partial charge in [0.25, 0.3) is 11.8 Å². The van der Waals surface area contributed by atoms with E-state index in [0.717, 1.165) is 5.56 Å². The van der Waals surface area contributed by atoms with Gasteiger partial charge in [-0.05, 0) is 26.0 Å². The van der Waals surface area contributed by atoms with Gasteiger partial charge in [0.2, 0.25) is 5.91 Å². The predicted molar refractivity (Wildman–Crippen MR) is 80.2 cm³/mol. The minimum Gasteiger partial charge on any atom is -0.352 e. The Labute approximate surface area is 132 Å². The maximum atomic E-state index is 12.1. The first-order valence-electron chi connectivity index (χ1n) is 6.95. The molecule has 0 aliphatic carbocycles. The molecule has 0 saturated heterocycles. The minimum absolute atomic E-state index is 0.0206. The van der Waals surface area contributed by atoms with Gasteiger partial charge in [-0.1, -0.05) is 23.3 Å². The number of rotatable bonds is 5. The number of amides is 3. The van der Waals surface area contributed by atoms with Gasteiger partial charge in [-0.2, -0.15) is 0 Å². The molecule has 2 rings (SSSR count). The molecule has 7 nitrogen and oxygen atoms in total. The van der Waals surface area contributed by atoms with Crippen LogP contribution < -0.4 is 5.32 Å². The van der Waals surface area contributed by atoms with Crippen LogP contribution in [0.2, 0.25) is 0 Å². The molecule has 120 valence electrons. The van der Waals surface area contributed by atoms with Crippen molar-refractivity contribution in [3.05, 3.63) is 47.0 Å². The third-order valence-corrected chi connectivity index (χ3v) is 3.20. The normalized spacial score (nSPS) is 12.9. The van der Waals surface area contributed by atoms with Crippen molar-refractivity contribution in [1.82, 2.24) is 10.4 Å². The maximum absolute atomic E-state index is 12.1. The SMILES string of the molecule is C=C(C)C(=O)NCCC(=O)ON1C(=O)c2ccc(C)cc2C1=O. The van der Waals surface area contributed by atoms with Crippen molar-refractivity contribution in [2.45, 2.75) is 20.3 Å². The van der Waals surface area contributed by atoms with Crippen LogP contribution in [0, 0.1) is 6.92 Å². The van der Waals surface area contributed by atoms with Crippen LogP contribution in [0.3, 0.4) is 0 Å². The van der Waals surface area contributed by atoms with Gasteiger partial charge in [0.1, 0.15) is 0 Å². The summed E-state index contributed by atoms with van der Waals surface area (Å²) in [4.78, 5) is 52.0. The first kappa shape index (κ1) is 16.4. The van der Waals surface area contributed by atoms with Gasteiger partial charge in [-0.25, -0.2) is 4.79 Å². The molecule has 0 saturated carbocycles. The molecule has 1 heterocycles. The first-order valence-corrected chi connectivity index (χ1v) is 6.95. The zero-order chi connectivity index (χ0) is 17.1. The number of fused-ring (bicyclic) bond motifs is 1. The molecule has 1 aromatic rings. The summed E-state index contributed by atoms with van der Waals surface area (Å²) in [5, 5.41) is 2.91. The Morgan fingerprint density at radius 2 is 1.87 bits per heavy atom. The van der Waals surface area contributed by atoms with E-state index in [0.29, 0.717) is 10.6 Å². The molecule has 7 heteroatoms. The van der Waals surface area contributed by atoms with Crippen molar-refractivity contribution in [1.29, 1.82) is 0 Å². The van der Waals surface area contributed by atoms with Crippen LogP contribution in [-0.2, 0) is 14.4 Å². The Morgan fingerprint density at radius 3 is 2.52 bits per heavy atom. The lowest BCUT2D eigenvalue weighted by Gasteiger charge is -2.12. The Morgan fingerprint density at radius 1 is 1.22 bits per heavy atom. The van der Waals surface area contributed by atoms with Crippen molar-refractivity contribution in [2.24, 2.45) is 0 Å². The maximum Gasteiger partial charge on any atom is 0.335 e. The molecule has 0 unspecified atom stereocenters. The predicted octanol–water partition coefficient (Wildman–Crippen LogP) is 1.13. The monoisotopic (exact) mass is 316 g/mol. The second-order valence-corrected chi connectivity index (χ2v) is 5.20. The van der Waals surface area contributed by atoms with Crippen LogP contribution in [0.25, 0.3) is 0 Å². The van der Waals surface area contributed by atoms with E-state index < -0.39 is 17.8 Å². The van der Waals surface area contributed by atoms with Crippen LogP contribution in [0.4, 0.5) is 0 Å². The Hall–Kier alpha value is -2.96. The number of nitrogens with one attached hydrogen (secondary N) is 1. The van der Waals surface area contributed by atoms with Crippen LogP contribution in [0.15, 0.2) is 30.4 Å². The quantitative estimate of drug-likeness (QED) is 0.649. The Bertz CT molecular complexity index is 723. The summed E-state index contributed by atoms with van der Waals surface area (Å²) in [6, 6.07) is 4.78. The highest BCUT2D eigenvalue weighted by atomic mass is 16.7. The molecule has 3 amide bonds. The van der Waals surface area contributed by atoms with E-state index >= 15 is 0 Å². The summed E-state index contributed by atoms with van der Waals surface area (Å²) in [7, 11) is 0. The highest BCUT2D eigenvalue weighted by Crippen LogP contribution is 2.24. The molecule has 0 spiro atoms. The van der Waals surface area contributed by atoms with Crippen LogP contribution in [-0.4, -0.2) is 35.3 Å². The molecule has 0 radical (unpaired) electrons. The number of carbonyl (C=O) groups is 4. The van der Waals surface area contributed by atoms with Gasteiger partial charge in [-0.15, -0.1) is 0 Å². The first-order chi connectivity index (χ1) is 10.8. The van der Waals surface area contributed by atoms with Crippen LogP contribution in [0.5, 0.6) is 0 Å². The highest BCUT2D eigenvalue weighted by molar-refractivity contribution is 6.21. The van der Waals surface area contributed by atoms with E-state index in [1.165, 1.54) is 13.0 Å². The van der Waals surface area contributed by atoms with E-state index in [1.54, 1.807) is 19.1 Å². The summed E-state index contributed by atoms with van der Waals surface area (Å²) >= 11 is 0. The molecule has 0 atom stereocenters. The molecule has 0 bridgehead atoms. The standard InChI is InChI=1S/C16H16N2O5/c1-9(2)14(20)17-7-6-13(19)23-18-15(21)11-5-4-10(3)8-12(11)16(18)22/h4-5,8H,1,6-7H2,2-3H3,(H,17,20). The van der Waals surface area contributed by atoms with Gasteiger partial charge < -0.3 is 10.2 Å². The van der Waals surface area contributed by atoms with Gasteiger partial charge >= 0.3 is 5.97 Å². The number of hydrogen-bond acceptors (Lipinski definition) is 5. The lowest BCUT2D eigenvalue weighted by atomic mass is 10.1. The van der Waals surface area contributed by atoms with E-state index in [1.807, 2.05) is 0 Å². The Kier molecular flexibility index (Phi) is 4.59. The average molecular weight is 316 g/mol. The van der Waals surface area contributed by atoms with Crippen molar-refractivity contribution in [3.8, 4) is 0 Å². The number of imide groups is 1. The lowest BCUT2D eigenvalue weighted by molar-refractivity contribution is -0.168. The zero-order valence-corrected chi connectivity index (χ0v) is 12.8. The molecule has 1 aromatic carbocycles. The van der Waals surface area contributed by atoms with Crippen molar-refractivity contribution in [2.75, 3.05) is 6.54 Å². The smallest absolute Gasteiger partial charge is 0.335 e. The summed E-state index contributed by atoms with van der Waals surface area (Å²) in [5.74, 6) is -2.52. The molecule has 1 aliphatic heterocycles. The van der Waals surface area contributed by atoms with Gasteiger partial charge in [0.05, 0.1) is 17.5 Å². The third-order valence-electron chi connectivity index (χ3n) is 3.20. The fourth-order valence-electron chi connectivity index (χ4n) is 1.99. The number of benzene rings is 1. The van der Waals surface area contributed by atoms with E-state index in [2.05, 4.69) is 11.9 Å². The summed E-state index contributed by atoms with van der Waals surface area (Å²) in [6.07, 6.45) is -0.175. The number of carbonyl (C=O) groups excluding carboxylic acids is 4. The summed E-state index contributed by atoms with van der Waals surface area (Å²) in [5.41, 5.74) is 1.54. The summed E-state index contributed by atoms with van der Waals surface area (Å²) < 4.78 is 0. The second kappa shape index (κ2) is 6.43. The van der Waals surface area contributed by atoms with Crippen LogP contribution in [0.1, 0.15) is 39.6 Å².